The van der Waals surface area contributed by atoms with E-state index in [0.717, 1.165) is 0 Å². The normalized spacial score (nSPS) is 13.7. The average molecular weight is 291 g/mol. The van der Waals surface area contributed by atoms with Gasteiger partial charge in [-0.2, -0.15) is 5.10 Å². The molecule has 2 rings (SSSR count). The largest absolute Gasteiger partial charge is 0.383 e. The Kier molecular flexibility index (Phi) is 3.90. The first-order chi connectivity index (χ1) is 9.79. The van der Waals surface area contributed by atoms with E-state index in [9.17, 15) is 15.2 Å². The van der Waals surface area contributed by atoms with Gasteiger partial charge < -0.3 is 10.4 Å². The summed E-state index contributed by atoms with van der Waals surface area (Å²) >= 11 is 0. The van der Waals surface area contributed by atoms with Gasteiger partial charge in [0.2, 0.25) is 0 Å². The molecule has 2 aromatic heterocycles. The van der Waals surface area contributed by atoms with E-state index in [1.807, 2.05) is 0 Å². The standard InChI is InChI=1S/C13H17N5O3/c1-9-4-11(18(20)21)6-14-12(9)15-8-13(2,19)10-5-16-17(3)7-10/h4-7,19H,8H2,1-3H3,(H,14,15)/t13-/m0/s1. The number of nitrogens with zero attached hydrogens (tertiary/aromatic N) is 4. The second-order valence-corrected chi connectivity index (χ2v) is 5.15. The number of pyridine rings is 1. The number of hydrogen-bond donors (Lipinski definition) is 2. The predicted octanol–water partition coefficient (Wildman–Crippen LogP) is 1.35. The molecule has 21 heavy (non-hydrogen) atoms. The summed E-state index contributed by atoms with van der Waals surface area (Å²) in [5, 5.41) is 28.1. The van der Waals surface area contributed by atoms with Crippen molar-refractivity contribution in [2.75, 3.05) is 11.9 Å². The molecule has 0 aliphatic carbocycles. The van der Waals surface area contributed by atoms with E-state index in [1.54, 1.807) is 38.0 Å². The molecule has 2 aromatic rings. The molecule has 0 bridgehead atoms. The Morgan fingerprint density at radius 2 is 2.24 bits per heavy atom. The molecule has 0 spiro atoms. The fourth-order valence-corrected chi connectivity index (χ4v) is 1.90. The number of anilines is 1. The zero-order valence-electron chi connectivity index (χ0n) is 12.1. The van der Waals surface area contributed by atoms with Gasteiger partial charge in [-0.15, -0.1) is 0 Å². The lowest BCUT2D eigenvalue weighted by Gasteiger charge is -2.23. The molecule has 8 heteroatoms. The molecule has 0 unspecified atom stereocenters. The van der Waals surface area contributed by atoms with Crippen LogP contribution >= 0.6 is 0 Å². The van der Waals surface area contributed by atoms with E-state index < -0.39 is 10.5 Å². The Morgan fingerprint density at radius 1 is 1.52 bits per heavy atom. The monoisotopic (exact) mass is 291 g/mol. The molecular weight excluding hydrogens is 274 g/mol. The van der Waals surface area contributed by atoms with Crippen LogP contribution in [0.5, 0.6) is 0 Å². The van der Waals surface area contributed by atoms with Gasteiger partial charge in [0.25, 0.3) is 5.69 Å². The van der Waals surface area contributed by atoms with Crippen molar-refractivity contribution in [2.45, 2.75) is 19.4 Å². The van der Waals surface area contributed by atoms with Crippen molar-refractivity contribution in [3.8, 4) is 0 Å². The molecule has 112 valence electrons. The van der Waals surface area contributed by atoms with Crippen LogP contribution in [0.3, 0.4) is 0 Å². The molecule has 1 atom stereocenters. The van der Waals surface area contributed by atoms with Crippen LogP contribution in [0, 0.1) is 17.0 Å². The van der Waals surface area contributed by atoms with Crippen LogP contribution in [0.1, 0.15) is 18.1 Å². The molecule has 2 heterocycles. The molecule has 0 radical (unpaired) electrons. The molecular formula is C13H17N5O3. The summed E-state index contributed by atoms with van der Waals surface area (Å²) in [6, 6.07) is 1.44. The molecule has 0 aromatic carbocycles. The minimum Gasteiger partial charge on any atom is -0.383 e. The fourth-order valence-electron chi connectivity index (χ4n) is 1.90. The molecule has 0 saturated heterocycles. The number of nitrogens with one attached hydrogen (secondary N) is 1. The Bertz CT molecular complexity index is 666. The Balaban J connectivity index is 2.10. The highest BCUT2D eigenvalue weighted by molar-refractivity contribution is 5.48. The van der Waals surface area contributed by atoms with E-state index in [2.05, 4.69) is 15.4 Å². The van der Waals surface area contributed by atoms with Crippen LogP contribution in [-0.2, 0) is 12.6 Å². The highest BCUT2D eigenvalue weighted by atomic mass is 16.6. The maximum atomic E-state index is 10.7. The third kappa shape index (κ3) is 3.34. The van der Waals surface area contributed by atoms with Gasteiger partial charge in [0, 0.05) is 31.4 Å². The summed E-state index contributed by atoms with van der Waals surface area (Å²) in [7, 11) is 1.77. The number of aromatic nitrogens is 3. The van der Waals surface area contributed by atoms with Crippen LogP contribution in [-0.4, -0.2) is 31.3 Å². The summed E-state index contributed by atoms with van der Waals surface area (Å²) in [6.45, 7) is 3.60. The third-order valence-electron chi connectivity index (χ3n) is 3.20. The maximum Gasteiger partial charge on any atom is 0.287 e. The molecule has 0 aliphatic rings. The second-order valence-electron chi connectivity index (χ2n) is 5.15. The average Bonchev–Trinajstić information content (AvgIpc) is 2.84. The number of nitro groups is 1. The summed E-state index contributed by atoms with van der Waals surface area (Å²) in [6.07, 6.45) is 4.52. The van der Waals surface area contributed by atoms with E-state index in [4.69, 9.17) is 0 Å². The number of aliphatic hydroxyl groups is 1. The zero-order valence-corrected chi connectivity index (χ0v) is 12.1. The first-order valence-electron chi connectivity index (χ1n) is 6.36. The van der Waals surface area contributed by atoms with Gasteiger partial charge in [-0.1, -0.05) is 0 Å². The van der Waals surface area contributed by atoms with Gasteiger partial charge >= 0.3 is 0 Å². The topological polar surface area (TPSA) is 106 Å². The van der Waals surface area contributed by atoms with Crippen molar-refractivity contribution in [2.24, 2.45) is 7.05 Å². The SMILES string of the molecule is Cc1cc([N+](=O)[O-])cnc1NC[C@](C)(O)c1cnn(C)c1. The minimum absolute atomic E-state index is 0.0583. The summed E-state index contributed by atoms with van der Waals surface area (Å²) in [5.74, 6) is 0.504. The highest BCUT2D eigenvalue weighted by Gasteiger charge is 2.25. The predicted molar refractivity (Wildman–Crippen MR) is 76.9 cm³/mol. The number of rotatable bonds is 5. The van der Waals surface area contributed by atoms with Crippen molar-refractivity contribution in [1.29, 1.82) is 0 Å². The van der Waals surface area contributed by atoms with E-state index in [1.165, 1.54) is 12.3 Å². The third-order valence-corrected chi connectivity index (χ3v) is 3.20. The van der Waals surface area contributed by atoms with Crippen molar-refractivity contribution in [3.05, 3.63) is 45.9 Å². The lowest BCUT2D eigenvalue weighted by atomic mass is 10.00. The first-order valence-corrected chi connectivity index (χ1v) is 6.36. The van der Waals surface area contributed by atoms with Crippen LogP contribution in [0.2, 0.25) is 0 Å². The molecule has 0 saturated carbocycles. The van der Waals surface area contributed by atoms with E-state index in [-0.39, 0.29) is 12.2 Å². The van der Waals surface area contributed by atoms with Gasteiger partial charge in [0.15, 0.2) is 0 Å². The Hall–Kier alpha value is -2.48. The highest BCUT2D eigenvalue weighted by Crippen LogP contribution is 2.22. The maximum absolute atomic E-state index is 10.7. The number of aryl methyl sites for hydroxylation is 2. The van der Waals surface area contributed by atoms with Crippen molar-refractivity contribution in [1.82, 2.24) is 14.8 Å². The van der Waals surface area contributed by atoms with Gasteiger partial charge in [-0.05, 0) is 19.4 Å². The van der Waals surface area contributed by atoms with Gasteiger partial charge in [-0.25, -0.2) is 4.98 Å². The molecule has 0 aliphatic heterocycles. The van der Waals surface area contributed by atoms with E-state index in [0.29, 0.717) is 16.9 Å². The summed E-state index contributed by atoms with van der Waals surface area (Å²) in [5.41, 5.74) is 0.143. The van der Waals surface area contributed by atoms with Crippen LogP contribution in [0.25, 0.3) is 0 Å². The van der Waals surface area contributed by atoms with E-state index >= 15 is 0 Å². The second kappa shape index (κ2) is 5.49. The fraction of sp³-hybridized carbons (Fsp3) is 0.385. The molecule has 0 amide bonds. The molecule has 8 nitrogen and oxygen atoms in total. The van der Waals surface area contributed by atoms with Crippen LogP contribution in [0.15, 0.2) is 24.7 Å². The summed E-state index contributed by atoms with van der Waals surface area (Å²) in [4.78, 5) is 14.2. The lowest BCUT2D eigenvalue weighted by molar-refractivity contribution is -0.385. The van der Waals surface area contributed by atoms with Crippen LogP contribution in [0.4, 0.5) is 11.5 Å². The molecule has 0 fully saturated rings. The lowest BCUT2D eigenvalue weighted by Crippen LogP contribution is -2.30. The van der Waals surface area contributed by atoms with Gasteiger partial charge in [0.1, 0.15) is 17.6 Å². The first kappa shape index (κ1) is 14.9. The number of hydrogen-bond acceptors (Lipinski definition) is 6. The minimum atomic E-state index is -1.12. The van der Waals surface area contributed by atoms with Crippen molar-refractivity contribution >= 4 is 11.5 Å². The zero-order chi connectivity index (χ0) is 15.6. The smallest absolute Gasteiger partial charge is 0.287 e. The van der Waals surface area contributed by atoms with Gasteiger partial charge in [0.05, 0.1) is 11.1 Å². The Morgan fingerprint density at radius 3 is 2.76 bits per heavy atom. The van der Waals surface area contributed by atoms with Crippen molar-refractivity contribution in [3.63, 3.8) is 0 Å². The molecule has 2 N–H and O–H groups in total. The quantitative estimate of drug-likeness (QED) is 0.636. The Labute approximate surface area is 121 Å². The van der Waals surface area contributed by atoms with Gasteiger partial charge in [-0.3, -0.25) is 14.8 Å². The van der Waals surface area contributed by atoms with Crippen LogP contribution < -0.4 is 5.32 Å². The summed E-state index contributed by atoms with van der Waals surface area (Å²) < 4.78 is 1.61. The van der Waals surface area contributed by atoms with Crippen molar-refractivity contribution < 1.29 is 10.0 Å².